The second-order valence-electron chi connectivity index (χ2n) is 11.0. The second kappa shape index (κ2) is 9.81. The topological polar surface area (TPSA) is 64.4 Å². The first-order valence-electron chi connectivity index (χ1n) is 12.6. The first kappa shape index (κ1) is 25.5. The lowest BCUT2D eigenvalue weighted by atomic mass is 9.87. The second-order valence-corrected chi connectivity index (χ2v) is 11.0. The fraction of sp³-hybridized carbons (Fsp3) is 0.355. The lowest BCUT2D eigenvalue weighted by Crippen LogP contribution is -2.42. The predicted octanol–water partition coefficient (Wildman–Crippen LogP) is 8.10. The number of hydrogen-bond acceptors (Lipinski definition) is 4. The van der Waals surface area contributed by atoms with E-state index in [9.17, 15) is 4.79 Å². The normalized spacial score (nSPS) is 13.0. The molecule has 5 heteroatoms. The minimum atomic E-state index is -1.05. The molecule has 1 aromatic heterocycles. The van der Waals surface area contributed by atoms with E-state index in [0.717, 1.165) is 23.1 Å². The molecule has 0 aliphatic rings. The molecule has 36 heavy (non-hydrogen) atoms. The van der Waals surface area contributed by atoms with E-state index in [4.69, 9.17) is 9.15 Å². The Balaban J connectivity index is 1.44. The largest absolute Gasteiger partial charge is 0.478 e. The highest BCUT2D eigenvalue weighted by Crippen LogP contribution is 2.29. The van der Waals surface area contributed by atoms with Crippen LogP contribution in [0.3, 0.4) is 0 Å². The highest BCUT2D eigenvalue weighted by atomic mass is 16.5. The van der Waals surface area contributed by atoms with Crippen LogP contribution in [0.25, 0.3) is 22.6 Å². The number of benzene rings is 3. The summed E-state index contributed by atoms with van der Waals surface area (Å²) in [4.78, 5) is 17.7. The Morgan fingerprint density at radius 1 is 0.972 bits per heavy atom. The highest BCUT2D eigenvalue weighted by molar-refractivity contribution is 5.97. The van der Waals surface area contributed by atoms with Crippen LogP contribution in [0.1, 0.15) is 71.9 Å². The molecule has 0 unspecified atom stereocenters. The van der Waals surface area contributed by atoms with Crippen molar-refractivity contribution in [3.63, 3.8) is 0 Å². The first-order chi connectivity index (χ1) is 17.0. The van der Waals surface area contributed by atoms with Gasteiger partial charge >= 0.3 is 0 Å². The predicted molar refractivity (Wildman–Crippen MR) is 147 cm³/mol. The summed E-state index contributed by atoms with van der Waals surface area (Å²) in [7, 11) is 0. The molecule has 0 radical (unpaired) electrons. The molecule has 1 atom stereocenters. The summed E-state index contributed by atoms with van der Waals surface area (Å²) >= 11 is 0. The standard InChI is InChI=1S/C31H36N2O3/c1-8-20(2)22-11-18-27-26(19-22)33-28(35-27)21-9-14-24(15-10-21)32-29(34)31(6,7)36-25-16-12-23(13-17-25)30(3,4)5/h9-20H,8H2,1-7H3,(H,32,34)/t20-/m1/s1. The minimum absolute atomic E-state index is 0.0616. The van der Waals surface area contributed by atoms with Gasteiger partial charge in [-0.1, -0.05) is 52.8 Å². The van der Waals surface area contributed by atoms with Crippen molar-refractivity contribution in [1.29, 1.82) is 0 Å². The van der Waals surface area contributed by atoms with Gasteiger partial charge in [-0.15, -0.1) is 0 Å². The number of aromatic nitrogens is 1. The number of anilines is 1. The molecule has 4 aromatic rings. The van der Waals surface area contributed by atoms with Gasteiger partial charge in [0, 0.05) is 11.3 Å². The molecule has 0 fully saturated rings. The number of carbonyl (C=O) groups excluding carboxylic acids is 1. The fourth-order valence-electron chi connectivity index (χ4n) is 3.95. The summed E-state index contributed by atoms with van der Waals surface area (Å²) < 4.78 is 12.0. The number of nitrogens with one attached hydrogen (secondary N) is 1. The maximum atomic E-state index is 13.0. The summed E-state index contributed by atoms with van der Waals surface area (Å²) in [5.74, 6) is 1.47. The summed E-state index contributed by atoms with van der Waals surface area (Å²) in [6, 6.07) is 21.6. The Morgan fingerprint density at radius 2 is 1.64 bits per heavy atom. The van der Waals surface area contributed by atoms with E-state index in [1.54, 1.807) is 13.8 Å². The zero-order valence-electron chi connectivity index (χ0n) is 22.3. The Labute approximate surface area is 213 Å². The van der Waals surface area contributed by atoms with Gasteiger partial charge in [0.05, 0.1) is 0 Å². The van der Waals surface area contributed by atoms with Gasteiger partial charge in [-0.3, -0.25) is 4.79 Å². The molecule has 0 bridgehead atoms. The average Bonchev–Trinajstić information content (AvgIpc) is 3.27. The maximum Gasteiger partial charge on any atom is 0.267 e. The van der Waals surface area contributed by atoms with E-state index < -0.39 is 5.60 Å². The Morgan fingerprint density at radius 3 is 2.25 bits per heavy atom. The van der Waals surface area contributed by atoms with Crippen molar-refractivity contribution in [1.82, 2.24) is 4.98 Å². The van der Waals surface area contributed by atoms with Gasteiger partial charge in [0.15, 0.2) is 11.2 Å². The Hall–Kier alpha value is -3.60. The van der Waals surface area contributed by atoms with Crippen LogP contribution in [-0.4, -0.2) is 16.5 Å². The number of oxazole rings is 1. The lowest BCUT2D eigenvalue weighted by Gasteiger charge is -2.26. The number of carbonyl (C=O) groups is 1. The number of rotatable bonds is 7. The van der Waals surface area contributed by atoms with Crippen LogP contribution in [0.5, 0.6) is 5.75 Å². The van der Waals surface area contributed by atoms with E-state index in [1.807, 2.05) is 54.6 Å². The maximum absolute atomic E-state index is 13.0. The van der Waals surface area contributed by atoms with Crippen LogP contribution in [0, 0.1) is 0 Å². The third kappa shape index (κ3) is 5.62. The molecule has 0 aliphatic heterocycles. The van der Waals surface area contributed by atoms with Gasteiger partial charge in [-0.05, 0) is 91.3 Å². The molecule has 1 N–H and O–H groups in total. The van der Waals surface area contributed by atoms with Crippen molar-refractivity contribution >= 4 is 22.7 Å². The molecule has 5 nitrogen and oxygen atoms in total. The van der Waals surface area contributed by atoms with E-state index >= 15 is 0 Å². The van der Waals surface area contributed by atoms with Crippen molar-refractivity contribution in [3.05, 3.63) is 77.9 Å². The minimum Gasteiger partial charge on any atom is -0.478 e. The Bertz CT molecular complexity index is 1340. The molecule has 0 spiro atoms. The zero-order chi connectivity index (χ0) is 26.1. The van der Waals surface area contributed by atoms with Gasteiger partial charge in [0.1, 0.15) is 11.3 Å². The molecule has 0 aliphatic carbocycles. The van der Waals surface area contributed by atoms with Crippen molar-refractivity contribution in [2.24, 2.45) is 0 Å². The zero-order valence-corrected chi connectivity index (χ0v) is 22.3. The van der Waals surface area contributed by atoms with Gasteiger partial charge in [0.25, 0.3) is 5.91 Å². The molecular formula is C31H36N2O3. The first-order valence-corrected chi connectivity index (χ1v) is 12.6. The SMILES string of the molecule is CC[C@@H](C)c1ccc2oc(-c3ccc(NC(=O)C(C)(C)Oc4ccc(C(C)(C)C)cc4)cc3)nc2c1. The van der Waals surface area contributed by atoms with E-state index in [1.165, 1.54) is 11.1 Å². The van der Waals surface area contributed by atoms with Crippen LogP contribution in [0.15, 0.2) is 71.1 Å². The van der Waals surface area contributed by atoms with E-state index in [0.29, 0.717) is 23.2 Å². The number of hydrogen-bond donors (Lipinski definition) is 1. The van der Waals surface area contributed by atoms with E-state index in [-0.39, 0.29) is 11.3 Å². The van der Waals surface area contributed by atoms with E-state index in [2.05, 4.69) is 57.1 Å². The summed E-state index contributed by atoms with van der Waals surface area (Å²) in [5, 5.41) is 2.95. The van der Waals surface area contributed by atoms with Crippen LogP contribution in [0.4, 0.5) is 5.69 Å². The molecular weight excluding hydrogens is 448 g/mol. The molecule has 1 heterocycles. The number of nitrogens with zero attached hydrogens (tertiary/aromatic N) is 1. The Kier molecular flexibility index (Phi) is 6.94. The average molecular weight is 485 g/mol. The van der Waals surface area contributed by atoms with Crippen molar-refractivity contribution in [2.45, 2.75) is 71.8 Å². The number of ether oxygens (including phenoxy) is 1. The lowest BCUT2D eigenvalue weighted by molar-refractivity contribution is -0.128. The molecule has 0 saturated heterocycles. The van der Waals surface area contributed by atoms with Crippen molar-refractivity contribution < 1.29 is 13.9 Å². The van der Waals surface area contributed by atoms with Crippen LogP contribution >= 0.6 is 0 Å². The van der Waals surface area contributed by atoms with Gasteiger partial charge in [-0.2, -0.15) is 0 Å². The van der Waals surface area contributed by atoms with Crippen molar-refractivity contribution in [2.75, 3.05) is 5.32 Å². The molecule has 0 saturated carbocycles. The monoisotopic (exact) mass is 484 g/mol. The summed E-state index contributed by atoms with van der Waals surface area (Å²) in [6.07, 6.45) is 1.08. The molecule has 1 amide bonds. The summed E-state index contributed by atoms with van der Waals surface area (Å²) in [6.45, 7) is 14.4. The third-order valence-corrected chi connectivity index (χ3v) is 6.62. The molecule has 4 rings (SSSR count). The van der Waals surface area contributed by atoms with Gasteiger partial charge < -0.3 is 14.5 Å². The number of fused-ring (bicyclic) bond motifs is 1. The van der Waals surface area contributed by atoms with Crippen LogP contribution in [-0.2, 0) is 10.2 Å². The fourth-order valence-corrected chi connectivity index (χ4v) is 3.95. The van der Waals surface area contributed by atoms with Gasteiger partial charge in [-0.25, -0.2) is 4.98 Å². The molecule has 188 valence electrons. The van der Waals surface area contributed by atoms with Crippen molar-refractivity contribution in [3.8, 4) is 17.2 Å². The number of amides is 1. The molecule has 3 aromatic carbocycles. The van der Waals surface area contributed by atoms with Gasteiger partial charge in [0.2, 0.25) is 5.89 Å². The van der Waals surface area contributed by atoms with Crippen LogP contribution in [0.2, 0.25) is 0 Å². The van der Waals surface area contributed by atoms with Crippen LogP contribution < -0.4 is 10.1 Å². The summed E-state index contributed by atoms with van der Waals surface area (Å²) in [5.41, 5.74) is 4.65. The smallest absolute Gasteiger partial charge is 0.267 e. The quantitative estimate of drug-likeness (QED) is 0.288. The highest BCUT2D eigenvalue weighted by Gasteiger charge is 2.30. The third-order valence-electron chi connectivity index (χ3n) is 6.62.